The molecule has 0 saturated carbocycles. The summed E-state index contributed by atoms with van der Waals surface area (Å²) < 4.78 is 12.5. The minimum Gasteiger partial charge on any atom is -0.459 e. The van der Waals surface area contributed by atoms with Crippen molar-refractivity contribution >= 4 is 29.1 Å². The van der Waals surface area contributed by atoms with Gasteiger partial charge in [0, 0.05) is 16.8 Å². The maximum Gasteiger partial charge on any atom is 0.340 e. The highest BCUT2D eigenvalue weighted by atomic mass is 35.5. The van der Waals surface area contributed by atoms with Crippen LogP contribution in [0.2, 0.25) is 5.02 Å². The normalized spacial score (nSPS) is 10.9. The van der Waals surface area contributed by atoms with Crippen LogP contribution in [0, 0.1) is 6.92 Å². The second-order valence-corrected chi connectivity index (χ2v) is 6.96. The maximum atomic E-state index is 12.2. The second kappa shape index (κ2) is 8.38. The molecule has 8 nitrogen and oxygen atoms in total. The van der Waals surface area contributed by atoms with Crippen LogP contribution >= 0.6 is 11.6 Å². The second-order valence-electron chi connectivity index (χ2n) is 6.52. The molecule has 30 heavy (non-hydrogen) atoms. The molecule has 4 rings (SSSR count). The lowest BCUT2D eigenvalue weighted by Gasteiger charge is -2.06. The van der Waals surface area contributed by atoms with Gasteiger partial charge in [-0.1, -0.05) is 11.6 Å². The molecule has 3 heterocycles. The first kappa shape index (κ1) is 19.7. The quantitative estimate of drug-likeness (QED) is 0.476. The molecule has 0 spiro atoms. The van der Waals surface area contributed by atoms with E-state index in [0.29, 0.717) is 33.6 Å². The summed E-state index contributed by atoms with van der Waals surface area (Å²) in [6, 6.07) is 14.1. The molecule has 0 aliphatic heterocycles. The number of carbonyl (C=O) groups excluding carboxylic acids is 2. The highest BCUT2D eigenvalue weighted by Crippen LogP contribution is 2.23. The van der Waals surface area contributed by atoms with Crippen molar-refractivity contribution < 1.29 is 18.7 Å². The van der Waals surface area contributed by atoms with E-state index >= 15 is 0 Å². The molecule has 3 aromatic heterocycles. The number of hydrogen-bond donors (Lipinski definition) is 1. The molecule has 9 heteroatoms. The van der Waals surface area contributed by atoms with Crippen LogP contribution in [0.15, 0.2) is 59.1 Å². The third kappa shape index (κ3) is 4.33. The van der Waals surface area contributed by atoms with Crippen LogP contribution in [0.25, 0.3) is 17.0 Å². The van der Waals surface area contributed by atoms with E-state index in [1.807, 2.05) is 18.2 Å². The van der Waals surface area contributed by atoms with Crippen molar-refractivity contribution in [2.45, 2.75) is 13.5 Å². The first-order valence-electron chi connectivity index (χ1n) is 9.09. The molecule has 0 saturated heterocycles. The summed E-state index contributed by atoms with van der Waals surface area (Å²) in [5.41, 5.74) is 1.81. The number of aryl methyl sites for hydroxylation is 1. The number of pyridine rings is 1. The van der Waals surface area contributed by atoms with Crippen LogP contribution in [0.3, 0.4) is 0 Å². The summed E-state index contributed by atoms with van der Waals surface area (Å²) in [4.78, 5) is 24.2. The van der Waals surface area contributed by atoms with Crippen molar-refractivity contribution in [3.05, 3.63) is 76.9 Å². The smallest absolute Gasteiger partial charge is 0.340 e. The van der Waals surface area contributed by atoms with E-state index in [1.54, 1.807) is 47.9 Å². The monoisotopic (exact) mass is 424 g/mol. The number of amides is 1. The lowest BCUT2D eigenvalue weighted by atomic mass is 10.2. The van der Waals surface area contributed by atoms with E-state index in [2.05, 4.69) is 15.5 Å². The van der Waals surface area contributed by atoms with Gasteiger partial charge in [-0.2, -0.15) is 0 Å². The van der Waals surface area contributed by atoms with Gasteiger partial charge in [0.1, 0.15) is 17.3 Å². The number of nitrogens with one attached hydrogen (secondary N) is 1. The number of nitrogens with zero attached hydrogens (tertiary/aromatic N) is 3. The Hall–Kier alpha value is -3.65. The van der Waals surface area contributed by atoms with Gasteiger partial charge in [-0.15, -0.1) is 10.2 Å². The molecule has 1 amide bonds. The Morgan fingerprint density at radius 1 is 1.10 bits per heavy atom. The number of aromatic nitrogens is 3. The highest BCUT2D eigenvalue weighted by Gasteiger charge is 2.13. The fourth-order valence-electron chi connectivity index (χ4n) is 2.82. The van der Waals surface area contributed by atoms with Crippen molar-refractivity contribution in [3.8, 4) is 11.3 Å². The molecule has 1 aromatic carbocycles. The van der Waals surface area contributed by atoms with E-state index in [9.17, 15) is 9.59 Å². The summed E-state index contributed by atoms with van der Waals surface area (Å²) in [5.74, 6) is 0.849. The van der Waals surface area contributed by atoms with Crippen LogP contribution in [-0.2, 0) is 16.1 Å². The van der Waals surface area contributed by atoms with Crippen molar-refractivity contribution in [3.63, 3.8) is 0 Å². The van der Waals surface area contributed by atoms with Crippen LogP contribution in [-0.4, -0.2) is 33.1 Å². The predicted octanol–water partition coefficient (Wildman–Crippen LogP) is 3.42. The molecule has 0 aliphatic carbocycles. The molecule has 1 N–H and O–H groups in total. The molecule has 0 atom stereocenters. The van der Waals surface area contributed by atoms with Crippen molar-refractivity contribution in [1.82, 2.24) is 19.9 Å². The lowest BCUT2D eigenvalue weighted by molar-refractivity contribution is -0.124. The number of benzene rings is 1. The van der Waals surface area contributed by atoms with Crippen LogP contribution in [0.5, 0.6) is 0 Å². The predicted molar refractivity (Wildman–Crippen MR) is 109 cm³/mol. The van der Waals surface area contributed by atoms with Gasteiger partial charge in [0.05, 0.1) is 12.1 Å². The molecule has 4 aromatic rings. The number of esters is 1. The molecule has 0 fully saturated rings. The highest BCUT2D eigenvalue weighted by molar-refractivity contribution is 6.30. The molecule has 0 aliphatic rings. The molecule has 0 bridgehead atoms. The van der Waals surface area contributed by atoms with E-state index in [0.717, 1.165) is 5.56 Å². The Bertz CT molecular complexity index is 1210. The minimum absolute atomic E-state index is 0.176. The standard InChI is InChI=1S/C21H17ClN4O4/c1-13-24-25-19-9-4-15(11-26(13)19)21(28)29-12-20(27)23-10-17-7-8-18(30-17)14-2-5-16(22)6-3-14/h2-9,11H,10,12H2,1H3,(H,23,27). The Kier molecular flexibility index (Phi) is 5.49. The van der Waals surface area contributed by atoms with E-state index in [-0.39, 0.29) is 6.54 Å². The summed E-state index contributed by atoms with van der Waals surface area (Å²) in [7, 11) is 0. The summed E-state index contributed by atoms with van der Waals surface area (Å²) in [6.07, 6.45) is 1.58. The Morgan fingerprint density at radius 2 is 1.90 bits per heavy atom. The zero-order chi connectivity index (χ0) is 21.1. The fourth-order valence-corrected chi connectivity index (χ4v) is 2.95. The Balaban J connectivity index is 1.29. The zero-order valence-electron chi connectivity index (χ0n) is 16.0. The average Bonchev–Trinajstić information content (AvgIpc) is 3.38. The molecular weight excluding hydrogens is 408 g/mol. The minimum atomic E-state index is -0.608. The van der Waals surface area contributed by atoms with Crippen molar-refractivity contribution in [2.24, 2.45) is 0 Å². The number of rotatable bonds is 6. The largest absolute Gasteiger partial charge is 0.459 e. The maximum absolute atomic E-state index is 12.2. The van der Waals surface area contributed by atoms with Gasteiger partial charge < -0.3 is 14.5 Å². The molecule has 0 radical (unpaired) electrons. The van der Waals surface area contributed by atoms with Gasteiger partial charge in [-0.05, 0) is 55.5 Å². The fraction of sp³-hybridized carbons (Fsp3) is 0.143. The van der Waals surface area contributed by atoms with Crippen LogP contribution < -0.4 is 5.32 Å². The number of fused-ring (bicyclic) bond motifs is 1. The van der Waals surface area contributed by atoms with Gasteiger partial charge in [0.25, 0.3) is 5.91 Å². The SMILES string of the molecule is Cc1nnc2ccc(C(=O)OCC(=O)NCc3ccc(-c4ccc(Cl)cc4)o3)cn12. The zero-order valence-corrected chi connectivity index (χ0v) is 16.7. The van der Waals surface area contributed by atoms with Gasteiger partial charge in [0.15, 0.2) is 12.3 Å². The number of ether oxygens (including phenoxy) is 1. The van der Waals surface area contributed by atoms with Gasteiger partial charge in [-0.3, -0.25) is 9.20 Å². The third-order valence-corrected chi connectivity index (χ3v) is 4.64. The number of hydrogen-bond acceptors (Lipinski definition) is 6. The summed E-state index contributed by atoms with van der Waals surface area (Å²) in [6.45, 7) is 1.55. The van der Waals surface area contributed by atoms with E-state index in [1.165, 1.54) is 0 Å². The van der Waals surface area contributed by atoms with Gasteiger partial charge in [-0.25, -0.2) is 4.79 Å². The van der Waals surface area contributed by atoms with Crippen LogP contribution in [0.4, 0.5) is 0 Å². The molecule has 152 valence electrons. The van der Waals surface area contributed by atoms with Crippen LogP contribution in [0.1, 0.15) is 21.9 Å². The lowest BCUT2D eigenvalue weighted by Crippen LogP contribution is -2.28. The number of halogens is 1. The first-order valence-corrected chi connectivity index (χ1v) is 9.47. The van der Waals surface area contributed by atoms with Crippen molar-refractivity contribution in [2.75, 3.05) is 6.61 Å². The number of carbonyl (C=O) groups is 2. The van der Waals surface area contributed by atoms with Crippen molar-refractivity contribution in [1.29, 1.82) is 0 Å². The topological polar surface area (TPSA) is 98.7 Å². The Labute approximate surface area is 176 Å². The van der Waals surface area contributed by atoms with Gasteiger partial charge in [0.2, 0.25) is 0 Å². The summed E-state index contributed by atoms with van der Waals surface area (Å²) in [5, 5.41) is 11.2. The molecule has 0 unspecified atom stereocenters. The molecular formula is C21H17ClN4O4. The van der Waals surface area contributed by atoms with Gasteiger partial charge >= 0.3 is 5.97 Å². The van der Waals surface area contributed by atoms with E-state index in [4.69, 9.17) is 20.8 Å². The first-order chi connectivity index (χ1) is 14.5. The Morgan fingerprint density at radius 3 is 2.70 bits per heavy atom. The average molecular weight is 425 g/mol. The third-order valence-electron chi connectivity index (χ3n) is 4.39. The van der Waals surface area contributed by atoms with E-state index < -0.39 is 18.5 Å². The summed E-state index contributed by atoms with van der Waals surface area (Å²) >= 11 is 5.89. The number of furan rings is 1.